The summed E-state index contributed by atoms with van der Waals surface area (Å²) >= 11 is 12.6. The second-order valence-electron chi connectivity index (χ2n) is 6.16. The number of carbonyl (C=O) groups is 4. The number of rotatable bonds is 6. The maximum Gasteiger partial charge on any atom is 0.345 e. The van der Waals surface area contributed by atoms with Gasteiger partial charge in [0.2, 0.25) is 5.91 Å². The number of thioether (sulfide) groups is 1. The smallest absolute Gasteiger partial charge is 0.345 e. The molecule has 160 valence electrons. The number of hydrogen-bond donors (Lipinski definition) is 1. The monoisotopic (exact) mass is 480 g/mol. The highest BCUT2D eigenvalue weighted by Gasteiger charge is 2.35. The molecule has 0 unspecified atom stereocenters. The quantitative estimate of drug-likeness (QED) is 0.380. The Labute approximate surface area is 190 Å². The Morgan fingerprint density at radius 1 is 1.13 bits per heavy atom. The van der Waals surface area contributed by atoms with Crippen molar-refractivity contribution in [1.29, 1.82) is 0 Å². The van der Waals surface area contributed by atoms with Crippen molar-refractivity contribution in [3.63, 3.8) is 0 Å². The zero-order chi connectivity index (χ0) is 22.7. The van der Waals surface area contributed by atoms with Gasteiger partial charge in [-0.1, -0.05) is 29.3 Å². The molecule has 3 rings (SSSR count). The number of methoxy groups -OCH3 is 1. The number of hydrogen-bond acceptors (Lipinski definition) is 7. The first-order valence-corrected chi connectivity index (χ1v) is 10.2. The maximum absolute atomic E-state index is 12.4. The molecule has 0 spiro atoms. The van der Waals surface area contributed by atoms with Crippen LogP contribution in [0.3, 0.4) is 0 Å². The SMILES string of the molecule is COc1cc(/C=C2\SC(=O)N(CC(N)=O)C2=O)ccc1OC(=O)c1ccc(Cl)cc1Cl. The van der Waals surface area contributed by atoms with Crippen LogP contribution in [0, 0.1) is 0 Å². The fourth-order valence-electron chi connectivity index (χ4n) is 2.61. The molecule has 0 radical (unpaired) electrons. The molecule has 2 aromatic carbocycles. The summed E-state index contributed by atoms with van der Waals surface area (Å²) in [6.07, 6.45) is 1.45. The number of halogens is 2. The van der Waals surface area contributed by atoms with E-state index in [-0.39, 0.29) is 27.0 Å². The molecule has 2 aromatic rings. The summed E-state index contributed by atoms with van der Waals surface area (Å²) in [6, 6.07) is 8.93. The van der Waals surface area contributed by atoms with Crippen LogP contribution in [0.15, 0.2) is 41.3 Å². The van der Waals surface area contributed by atoms with E-state index >= 15 is 0 Å². The lowest BCUT2D eigenvalue weighted by Gasteiger charge is -2.11. The number of amides is 3. The first-order chi connectivity index (χ1) is 14.7. The minimum absolute atomic E-state index is 0.117. The average molecular weight is 481 g/mol. The van der Waals surface area contributed by atoms with Crippen LogP contribution >= 0.6 is 35.0 Å². The van der Waals surface area contributed by atoms with Crippen LogP contribution in [0.25, 0.3) is 6.08 Å². The summed E-state index contributed by atoms with van der Waals surface area (Å²) < 4.78 is 10.6. The topological polar surface area (TPSA) is 116 Å². The third-order valence-electron chi connectivity index (χ3n) is 4.03. The Morgan fingerprint density at radius 3 is 2.52 bits per heavy atom. The summed E-state index contributed by atoms with van der Waals surface area (Å²) in [5.74, 6) is -1.79. The van der Waals surface area contributed by atoms with Gasteiger partial charge in [0.25, 0.3) is 11.1 Å². The van der Waals surface area contributed by atoms with Crippen molar-refractivity contribution in [2.45, 2.75) is 0 Å². The van der Waals surface area contributed by atoms with E-state index < -0.39 is 29.6 Å². The fraction of sp³-hybridized carbons (Fsp3) is 0.100. The van der Waals surface area contributed by atoms with Gasteiger partial charge < -0.3 is 15.2 Å². The van der Waals surface area contributed by atoms with Crippen molar-refractivity contribution in [2.24, 2.45) is 5.73 Å². The van der Waals surface area contributed by atoms with E-state index in [2.05, 4.69) is 0 Å². The van der Waals surface area contributed by atoms with Crippen molar-refractivity contribution in [3.8, 4) is 11.5 Å². The van der Waals surface area contributed by atoms with E-state index in [0.717, 1.165) is 4.90 Å². The fourth-order valence-corrected chi connectivity index (χ4v) is 3.94. The number of nitrogens with two attached hydrogens (primary N) is 1. The predicted molar refractivity (Wildman–Crippen MR) is 116 cm³/mol. The lowest BCUT2D eigenvalue weighted by molar-refractivity contribution is -0.127. The molecule has 1 aliphatic rings. The number of nitrogens with zero attached hydrogens (tertiary/aromatic N) is 1. The molecule has 0 aromatic heterocycles. The van der Waals surface area contributed by atoms with Crippen LogP contribution in [0.2, 0.25) is 10.0 Å². The Hall–Kier alpha value is -3.01. The van der Waals surface area contributed by atoms with Gasteiger partial charge in [-0.05, 0) is 53.7 Å². The van der Waals surface area contributed by atoms with Crippen LogP contribution in [-0.2, 0) is 9.59 Å². The molecule has 11 heteroatoms. The lowest BCUT2D eigenvalue weighted by Crippen LogP contribution is -2.36. The van der Waals surface area contributed by atoms with E-state index in [1.165, 1.54) is 43.5 Å². The summed E-state index contributed by atoms with van der Waals surface area (Å²) in [6.45, 7) is -0.493. The Bertz CT molecular complexity index is 1130. The lowest BCUT2D eigenvalue weighted by atomic mass is 10.1. The predicted octanol–water partition coefficient (Wildman–Crippen LogP) is 3.74. The minimum Gasteiger partial charge on any atom is -0.493 e. The second kappa shape index (κ2) is 9.42. The van der Waals surface area contributed by atoms with E-state index in [4.69, 9.17) is 38.4 Å². The Balaban J connectivity index is 1.82. The highest BCUT2D eigenvalue weighted by atomic mass is 35.5. The molecule has 1 aliphatic heterocycles. The van der Waals surface area contributed by atoms with Gasteiger partial charge in [-0.15, -0.1) is 0 Å². The van der Waals surface area contributed by atoms with E-state index in [1.807, 2.05) is 0 Å². The third-order valence-corrected chi connectivity index (χ3v) is 5.48. The second-order valence-corrected chi connectivity index (χ2v) is 7.99. The van der Waals surface area contributed by atoms with Crippen molar-refractivity contribution in [2.75, 3.05) is 13.7 Å². The van der Waals surface area contributed by atoms with Gasteiger partial charge in [0.1, 0.15) is 6.54 Å². The van der Waals surface area contributed by atoms with Crippen LogP contribution in [0.4, 0.5) is 4.79 Å². The standard InChI is InChI=1S/C20H14Cl2N2O6S/c1-29-15-6-10(7-16-18(26)24(9-17(23)25)20(28)31-16)2-5-14(15)30-19(27)12-4-3-11(21)8-13(12)22/h2-8H,9H2,1H3,(H2,23,25)/b16-7-. The molecule has 1 fully saturated rings. The molecule has 3 amide bonds. The molecule has 0 saturated carbocycles. The van der Waals surface area contributed by atoms with Crippen molar-refractivity contribution < 1.29 is 28.7 Å². The molecule has 31 heavy (non-hydrogen) atoms. The molecule has 0 aliphatic carbocycles. The van der Waals surface area contributed by atoms with Crippen molar-refractivity contribution in [3.05, 3.63) is 62.5 Å². The molecule has 2 N–H and O–H groups in total. The first kappa shape index (κ1) is 22.7. The van der Waals surface area contributed by atoms with Gasteiger partial charge >= 0.3 is 5.97 Å². The van der Waals surface area contributed by atoms with Gasteiger partial charge in [0.15, 0.2) is 11.5 Å². The summed E-state index contributed by atoms with van der Waals surface area (Å²) in [5, 5.41) is -0.0732. The number of ether oxygens (including phenoxy) is 2. The summed E-state index contributed by atoms with van der Waals surface area (Å²) in [5.41, 5.74) is 5.69. The number of esters is 1. The van der Waals surface area contributed by atoms with Crippen LogP contribution < -0.4 is 15.2 Å². The van der Waals surface area contributed by atoms with Crippen LogP contribution in [-0.4, -0.2) is 41.6 Å². The zero-order valence-electron chi connectivity index (χ0n) is 15.9. The highest BCUT2D eigenvalue weighted by molar-refractivity contribution is 8.18. The molecule has 1 heterocycles. The molecule has 0 bridgehead atoms. The Kier molecular flexibility index (Phi) is 6.89. The van der Waals surface area contributed by atoms with E-state index in [1.54, 1.807) is 6.07 Å². The zero-order valence-corrected chi connectivity index (χ0v) is 18.2. The molecule has 8 nitrogen and oxygen atoms in total. The number of carbonyl (C=O) groups excluding carboxylic acids is 4. The van der Waals surface area contributed by atoms with Crippen molar-refractivity contribution >= 4 is 64.1 Å². The number of imide groups is 1. The molecular formula is C20H14Cl2N2O6S. The van der Waals surface area contributed by atoms with Gasteiger partial charge in [-0.3, -0.25) is 19.3 Å². The van der Waals surface area contributed by atoms with Crippen molar-refractivity contribution in [1.82, 2.24) is 4.90 Å². The van der Waals surface area contributed by atoms with E-state index in [0.29, 0.717) is 22.3 Å². The van der Waals surface area contributed by atoms with Crippen LogP contribution in [0.5, 0.6) is 11.5 Å². The maximum atomic E-state index is 12.4. The number of benzene rings is 2. The minimum atomic E-state index is -0.794. The molecule has 0 atom stereocenters. The van der Waals surface area contributed by atoms with Gasteiger partial charge in [-0.2, -0.15) is 0 Å². The molecule has 1 saturated heterocycles. The normalized spacial score (nSPS) is 14.8. The van der Waals surface area contributed by atoms with Gasteiger partial charge in [0, 0.05) is 5.02 Å². The molecular weight excluding hydrogens is 467 g/mol. The summed E-state index contributed by atoms with van der Waals surface area (Å²) in [4.78, 5) is 48.6. The summed E-state index contributed by atoms with van der Waals surface area (Å²) in [7, 11) is 1.38. The van der Waals surface area contributed by atoms with E-state index in [9.17, 15) is 19.2 Å². The van der Waals surface area contributed by atoms with Crippen LogP contribution in [0.1, 0.15) is 15.9 Å². The first-order valence-electron chi connectivity index (χ1n) is 8.58. The van der Waals surface area contributed by atoms with Gasteiger partial charge in [-0.25, -0.2) is 4.79 Å². The average Bonchev–Trinajstić information content (AvgIpc) is 2.96. The van der Waals surface area contributed by atoms with Gasteiger partial charge in [0.05, 0.1) is 22.6 Å². The highest BCUT2D eigenvalue weighted by Crippen LogP contribution is 2.35. The largest absolute Gasteiger partial charge is 0.493 e. The number of primary amides is 1. The Morgan fingerprint density at radius 2 is 1.87 bits per heavy atom. The third kappa shape index (κ3) is 5.19.